The minimum atomic E-state index is -0.144. The van der Waals surface area contributed by atoms with Crippen LogP contribution in [0.1, 0.15) is 19.3 Å². The first-order valence-electron chi connectivity index (χ1n) is 9.19. The Morgan fingerprint density at radius 1 is 1.26 bits per heavy atom. The molecule has 1 aliphatic heterocycles. The summed E-state index contributed by atoms with van der Waals surface area (Å²) in [7, 11) is 1.56. The van der Waals surface area contributed by atoms with Crippen molar-refractivity contribution >= 4 is 22.6 Å². The largest absolute Gasteiger partial charge is 0.370 e. The molecule has 0 radical (unpaired) electrons. The highest BCUT2D eigenvalue weighted by atomic mass is 16.1. The highest BCUT2D eigenvalue weighted by Gasteiger charge is 2.14. The van der Waals surface area contributed by atoms with Crippen LogP contribution in [0.2, 0.25) is 0 Å². The zero-order chi connectivity index (χ0) is 19.1. The number of likely N-dealkylation sites (N-methyl/N-ethyl adjacent to an activating group) is 1. The van der Waals surface area contributed by atoms with Crippen LogP contribution in [-0.4, -0.2) is 41.0 Å². The predicted octanol–water partition coefficient (Wildman–Crippen LogP) is 3.53. The molecule has 0 saturated carbocycles. The fraction of sp³-hybridized carbons (Fsp3) is 0.286. The van der Waals surface area contributed by atoms with E-state index in [0.717, 1.165) is 18.7 Å². The normalized spacial score (nSPS) is 13.6. The number of nitrogens with one attached hydrogen (secondary N) is 2. The van der Waals surface area contributed by atoms with E-state index in [1.165, 1.54) is 47.5 Å². The van der Waals surface area contributed by atoms with E-state index in [-0.39, 0.29) is 5.91 Å². The van der Waals surface area contributed by atoms with Gasteiger partial charge in [-0.05, 0) is 49.1 Å². The quantitative estimate of drug-likeness (QED) is 0.698. The molecule has 2 N–H and O–H groups in total. The number of carbonyl (C=O) groups excluding carboxylic acids is 1. The van der Waals surface area contributed by atoms with Crippen molar-refractivity contribution in [1.29, 1.82) is 0 Å². The van der Waals surface area contributed by atoms with Gasteiger partial charge < -0.3 is 15.2 Å². The van der Waals surface area contributed by atoms with E-state index in [1.807, 2.05) is 36.9 Å². The molecule has 0 aliphatic carbocycles. The highest BCUT2D eigenvalue weighted by molar-refractivity contribution is 5.95. The molecule has 4 rings (SSSR count). The number of amides is 1. The number of anilines is 1. The second-order valence-electron chi connectivity index (χ2n) is 6.39. The zero-order valence-corrected chi connectivity index (χ0v) is 15.6. The smallest absolute Gasteiger partial charge is 0.243 e. The lowest BCUT2D eigenvalue weighted by Gasteiger charge is -2.28. The van der Waals surface area contributed by atoms with Crippen LogP contribution in [0, 0.1) is 0 Å². The van der Waals surface area contributed by atoms with E-state index in [1.54, 1.807) is 7.05 Å². The monoisotopic (exact) mass is 363 g/mol. The van der Waals surface area contributed by atoms with Gasteiger partial charge in [0.15, 0.2) is 0 Å². The lowest BCUT2D eigenvalue weighted by molar-refractivity contribution is -0.116. The maximum absolute atomic E-state index is 9.95. The maximum Gasteiger partial charge on any atom is 0.243 e. The first-order chi connectivity index (χ1) is 13.2. The van der Waals surface area contributed by atoms with E-state index >= 15 is 0 Å². The van der Waals surface area contributed by atoms with Crippen LogP contribution in [0.15, 0.2) is 55.6 Å². The summed E-state index contributed by atoms with van der Waals surface area (Å²) in [5.74, 6) is -0.144. The average Bonchev–Trinajstić information content (AvgIpc) is 3.18. The molecule has 1 saturated heterocycles. The van der Waals surface area contributed by atoms with Crippen LogP contribution in [0.3, 0.4) is 0 Å². The van der Waals surface area contributed by atoms with E-state index in [0.29, 0.717) is 0 Å². The Balaban J connectivity index is 0.000000307. The van der Waals surface area contributed by atoms with Crippen molar-refractivity contribution in [2.24, 2.45) is 0 Å². The van der Waals surface area contributed by atoms with Crippen molar-refractivity contribution in [3.05, 3.63) is 55.6 Å². The number of carbonyl (C=O) groups is 1. The summed E-state index contributed by atoms with van der Waals surface area (Å²) in [5.41, 5.74) is 4.55. The first kappa shape index (κ1) is 18.6. The highest BCUT2D eigenvalue weighted by Crippen LogP contribution is 2.30. The first-order valence-corrected chi connectivity index (χ1v) is 9.19. The number of nitrogens with zero attached hydrogens (tertiary/aromatic N) is 3. The molecule has 0 spiro atoms. The molecular formula is C21H25N5O. The fourth-order valence-corrected chi connectivity index (χ4v) is 3.19. The molecule has 6 heteroatoms. The molecular weight excluding hydrogens is 338 g/mol. The van der Waals surface area contributed by atoms with Crippen molar-refractivity contribution in [2.45, 2.75) is 19.3 Å². The van der Waals surface area contributed by atoms with E-state index < -0.39 is 0 Å². The van der Waals surface area contributed by atoms with Gasteiger partial charge in [0, 0.05) is 49.7 Å². The zero-order valence-electron chi connectivity index (χ0n) is 15.6. The number of aromatic nitrogens is 3. The van der Waals surface area contributed by atoms with Crippen LogP contribution in [0.4, 0.5) is 5.69 Å². The average molecular weight is 363 g/mol. The lowest BCUT2D eigenvalue weighted by Crippen LogP contribution is -2.29. The Hall–Kier alpha value is -3.15. The Morgan fingerprint density at radius 2 is 2.00 bits per heavy atom. The third kappa shape index (κ3) is 4.53. The van der Waals surface area contributed by atoms with Gasteiger partial charge in [0.25, 0.3) is 0 Å². The maximum atomic E-state index is 9.95. The SMILES string of the molecule is C=CC(=O)NC.c1cc(-c2c[nH]c3ncc(N4CCCCC4)cc23)ccn1. The van der Waals surface area contributed by atoms with Crippen LogP contribution in [-0.2, 0) is 4.79 Å². The number of hydrogen-bond donors (Lipinski definition) is 2. The molecule has 6 nitrogen and oxygen atoms in total. The van der Waals surface area contributed by atoms with Gasteiger partial charge in [0.05, 0.1) is 11.9 Å². The molecule has 0 aromatic carbocycles. The molecule has 1 aliphatic rings. The van der Waals surface area contributed by atoms with Gasteiger partial charge in [0.2, 0.25) is 5.91 Å². The summed E-state index contributed by atoms with van der Waals surface area (Å²) in [5, 5.41) is 3.54. The minimum Gasteiger partial charge on any atom is -0.370 e. The fourth-order valence-electron chi connectivity index (χ4n) is 3.19. The topological polar surface area (TPSA) is 73.9 Å². The summed E-state index contributed by atoms with van der Waals surface area (Å²) in [6.45, 7) is 5.50. The number of rotatable bonds is 3. The van der Waals surface area contributed by atoms with Crippen LogP contribution in [0.25, 0.3) is 22.2 Å². The van der Waals surface area contributed by atoms with Crippen LogP contribution in [0.5, 0.6) is 0 Å². The van der Waals surface area contributed by atoms with Gasteiger partial charge in [-0.3, -0.25) is 9.78 Å². The van der Waals surface area contributed by atoms with Crippen LogP contribution < -0.4 is 10.2 Å². The molecule has 0 atom stereocenters. The third-order valence-electron chi connectivity index (χ3n) is 4.66. The van der Waals surface area contributed by atoms with Gasteiger partial charge in [-0.2, -0.15) is 0 Å². The van der Waals surface area contributed by atoms with Gasteiger partial charge in [-0.25, -0.2) is 4.98 Å². The molecule has 3 aromatic rings. The molecule has 0 unspecified atom stereocenters. The summed E-state index contributed by atoms with van der Waals surface area (Å²) in [6, 6.07) is 6.34. The van der Waals surface area contributed by atoms with Crippen molar-refractivity contribution in [1.82, 2.24) is 20.3 Å². The standard InChI is InChI=1S/C17H18N4.C4H7NO/c1-2-8-21(9-3-1)14-10-15-16(12-20-17(15)19-11-14)13-4-6-18-7-5-13;1-3-4(6)5-2/h4-7,10-12H,1-3,8-9H2,(H,19,20);3H,1H2,2H3,(H,5,6). The van der Waals surface area contributed by atoms with Crippen molar-refractivity contribution in [2.75, 3.05) is 25.0 Å². The molecule has 1 amide bonds. The summed E-state index contributed by atoms with van der Waals surface area (Å²) >= 11 is 0. The van der Waals surface area contributed by atoms with E-state index in [2.05, 4.69) is 37.8 Å². The van der Waals surface area contributed by atoms with Crippen molar-refractivity contribution in [3.8, 4) is 11.1 Å². The Bertz CT molecular complexity index is 897. The van der Waals surface area contributed by atoms with Gasteiger partial charge in [-0.15, -0.1) is 0 Å². The number of fused-ring (bicyclic) bond motifs is 1. The molecule has 0 bridgehead atoms. The van der Waals surface area contributed by atoms with Crippen molar-refractivity contribution in [3.63, 3.8) is 0 Å². The Kier molecular flexibility index (Phi) is 6.20. The minimum absolute atomic E-state index is 0.144. The molecule has 3 aromatic heterocycles. The number of hydrogen-bond acceptors (Lipinski definition) is 4. The number of H-pyrrole nitrogens is 1. The number of pyridine rings is 2. The van der Waals surface area contributed by atoms with Gasteiger partial charge >= 0.3 is 0 Å². The Labute approximate surface area is 159 Å². The number of aromatic amines is 1. The van der Waals surface area contributed by atoms with Gasteiger partial charge in [0.1, 0.15) is 5.65 Å². The third-order valence-corrected chi connectivity index (χ3v) is 4.66. The number of piperidine rings is 1. The second kappa shape index (κ2) is 8.98. The van der Waals surface area contributed by atoms with Crippen molar-refractivity contribution < 1.29 is 4.79 Å². The molecule has 27 heavy (non-hydrogen) atoms. The lowest BCUT2D eigenvalue weighted by atomic mass is 10.1. The summed E-state index contributed by atoms with van der Waals surface area (Å²) in [4.78, 5) is 24.3. The molecule has 1 fully saturated rings. The molecule has 140 valence electrons. The van der Waals surface area contributed by atoms with Crippen LogP contribution >= 0.6 is 0 Å². The predicted molar refractivity (Wildman–Crippen MR) is 110 cm³/mol. The Morgan fingerprint density at radius 3 is 2.63 bits per heavy atom. The van der Waals surface area contributed by atoms with Gasteiger partial charge in [-0.1, -0.05) is 6.58 Å². The molecule has 4 heterocycles. The second-order valence-corrected chi connectivity index (χ2v) is 6.39. The summed E-state index contributed by atoms with van der Waals surface area (Å²) < 4.78 is 0. The van der Waals surface area contributed by atoms with E-state index in [9.17, 15) is 4.79 Å². The summed E-state index contributed by atoms with van der Waals surface area (Å²) in [6.07, 6.45) is 12.8. The van der Waals surface area contributed by atoms with E-state index in [4.69, 9.17) is 0 Å².